The van der Waals surface area contributed by atoms with E-state index < -0.39 is 15.6 Å². The second kappa shape index (κ2) is 8.84. The third-order valence-corrected chi connectivity index (χ3v) is 9.64. The number of hydrogen-bond acceptors (Lipinski definition) is 3. The Morgan fingerprint density at radius 1 is 0.939 bits per heavy atom. The molecule has 5 rings (SSSR count). The van der Waals surface area contributed by atoms with Crippen molar-refractivity contribution in [3.05, 3.63) is 65.0 Å². The van der Waals surface area contributed by atoms with Crippen molar-refractivity contribution in [3.63, 3.8) is 0 Å². The number of amides is 1. The van der Waals surface area contributed by atoms with Crippen LogP contribution in [-0.4, -0.2) is 31.7 Å². The van der Waals surface area contributed by atoms with Gasteiger partial charge in [0.1, 0.15) is 5.82 Å². The second-order valence-corrected chi connectivity index (χ2v) is 11.7. The second-order valence-electron chi connectivity index (χ2n) is 9.75. The number of piperidine rings is 1. The Hall–Kier alpha value is -2.25. The van der Waals surface area contributed by atoms with E-state index in [1.807, 2.05) is 12.1 Å². The molecule has 5 nitrogen and oxygen atoms in total. The molecule has 1 N–H and O–H groups in total. The summed E-state index contributed by atoms with van der Waals surface area (Å²) in [6, 6.07) is 11.9. The van der Waals surface area contributed by atoms with Crippen LogP contribution in [0.25, 0.3) is 0 Å². The topological polar surface area (TPSA) is 66.5 Å². The van der Waals surface area contributed by atoms with Crippen LogP contribution in [0.2, 0.25) is 0 Å². The third kappa shape index (κ3) is 4.33. The number of benzene rings is 2. The number of fused-ring (bicyclic) bond motifs is 1. The molecule has 1 saturated carbocycles. The number of sulfonamides is 1. The molecule has 176 valence electrons. The van der Waals surface area contributed by atoms with Crippen molar-refractivity contribution in [2.24, 2.45) is 5.92 Å². The zero-order chi connectivity index (χ0) is 23.1. The van der Waals surface area contributed by atoms with E-state index in [0.717, 1.165) is 56.1 Å². The number of nitrogens with one attached hydrogen (secondary N) is 1. The van der Waals surface area contributed by atoms with Gasteiger partial charge in [-0.05, 0) is 98.7 Å². The highest BCUT2D eigenvalue weighted by Gasteiger charge is 2.42. The van der Waals surface area contributed by atoms with Crippen LogP contribution >= 0.6 is 0 Å². The van der Waals surface area contributed by atoms with E-state index in [-0.39, 0.29) is 17.6 Å². The Morgan fingerprint density at radius 2 is 1.61 bits per heavy atom. The van der Waals surface area contributed by atoms with Gasteiger partial charge in [0.05, 0.1) is 10.4 Å². The monoisotopic (exact) mass is 470 g/mol. The third-order valence-electron chi connectivity index (χ3n) is 7.75. The number of aryl methyl sites for hydroxylation is 2. The Labute approximate surface area is 195 Å². The summed E-state index contributed by atoms with van der Waals surface area (Å²) in [5.74, 6) is -0.519. The Morgan fingerprint density at radius 3 is 2.24 bits per heavy atom. The van der Waals surface area contributed by atoms with E-state index in [9.17, 15) is 17.6 Å². The molecule has 7 heteroatoms. The van der Waals surface area contributed by atoms with E-state index >= 15 is 0 Å². The molecular weight excluding hydrogens is 439 g/mol. The number of nitrogens with zero attached hydrogens (tertiary/aromatic N) is 1. The predicted octanol–water partition coefficient (Wildman–Crippen LogP) is 4.30. The van der Waals surface area contributed by atoms with Crippen LogP contribution in [0, 0.1) is 11.7 Å². The molecule has 1 saturated heterocycles. The summed E-state index contributed by atoms with van der Waals surface area (Å²) in [4.78, 5) is 13.5. The molecule has 2 aromatic rings. The predicted molar refractivity (Wildman–Crippen MR) is 125 cm³/mol. The minimum Gasteiger partial charge on any atom is -0.346 e. The van der Waals surface area contributed by atoms with Crippen molar-refractivity contribution in [1.82, 2.24) is 9.62 Å². The summed E-state index contributed by atoms with van der Waals surface area (Å²) >= 11 is 0. The normalized spacial score (nSPS) is 21.1. The lowest BCUT2D eigenvalue weighted by molar-refractivity contribution is -0.129. The Balaban J connectivity index is 1.23. The van der Waals surface area contributed by atoms with Crippen LogP contribution in [-0.2, 0) is 33.2 Å². The fourth-order valence-corrected chi connectivity index (χ4v) is 7.02. The highest BCUT2D eigenvalue weighted by molar-refractivity contribution is 7.89. The maximum atomic E-state index is 13.3. The summed E-state index contributed by atoms with van der Waals surface area (Å²) < 4.78 is 41.4. The van der Waals surface area contributed by atoms with Gasteiger partial charge in [-0.2, -0.15) is 4.31 Å². The lowest BCUT2D eigenvalue weighted by Crippen LogP contribution is -2.53. The van der Waals surface area contributed by atoms with Crippen LogP contribution in [0.15, 0.2) is 47.4 Å². The van der Waals surface area contributed by atoms with E-state index in [1.165, 1.54) is 22.0 Å². The maximum Gasteiger partial charge on any atom is 0.243 e. The summed E-state index contributed by atoms with van der Waals surface area (Å²) in [6.07, 6.45) is 7.96. The van der Waals surface area contributed by atoms with E-state index in [4.69, 9.17) is 0 Å². The van der Waals surface area contributed by atoms with Crippen LogP contribution < -0.4 is 5.32 Å². The van der Waals surface area contributed by atoms with Crippen molar-refractivity contribution in [2.45, 2.75) is 68.2 Å². The quantitative estimate of drug-likeness (QED) is 0.709. The van der Waals surface area contributed by atoms with Gasteiger partial charge in [-0.3, -0.25) is 4.79 Å². The molecule has 0 spiro atoms. The Bertz CT molecular complexity index is 1130. The first-order chi connectivity index (χ1) is 15.9. The van der Waals surface area contributed by atoms with Gasteiger partial charge >= 0.3 is 0 Å². The van der Waals surface area contributed by atoms with E-state index in [2.05, 4.69) is 5.32 Å². The minimum atomic E-state index is -3.55. The lowest BCUT2D eigenvalue weighted by Gasteiger charge is -2.44. The highest BCUT2D eigenvalue weighted by atomic mass is 32.2. The molecule has 0 radical (unpaired) electrons. The average molecular weight is 471 g/mol. The maximum absolute atomic E-state index is 13.3. The zero-order valence-corrected chi connectivity index (χ0v) is 19.7. The molecule has 3 aliphatic rings. The smallest absolute Gasteiger partial charge is 0.243 e. The van der Waals surface area contributed by atoms with Crippen molar-refractivity contribution in [2.75, 3.05) is 13.1 Å². The zero-order valence-electron chi connectivity index (χ0n) is 18.9. The van der Waals surface area contributed by atoms with Crippen LogP contribution in [0.4, 0.5) is 4.39 Å². The first-order valence-electron chi connectivity index (χ1n) is 12.1. The number of halogens is 1. The average Bonchev–Trinajstić information content (AvgIpc) is 2.81. The van der Waals surface area contributed by atoms with Gasteiger partial charge in [-0.25, -0.2) is 12.8 Å². The molecule has 0 aromatic heterocycles. The fourth-order valence-electron chi connectivity index (χ4n) is 5.50. The first-order valence-corrected chi connectivity index (χ1v) is 13.5. The molecule has 2 aromatic carbocycles. The van der Waals surface area contributed by atoms with Gasteiger partial charge < -0.3 is 5.32 Å². The van der Waals surface area contributed by atoms with Gasteiger partial charge in [-0.15, -0.1) is 0 Å². The number of carbonyl (C=O) groups is 1. The fraction of sp³-hybridized carbons (Fsp3) is 0.500. The molecule has 1 amide bonds. The first kappa shape index (κ1) is 22.5. The van der Waals surface area contributed by atoms with Crippen molar-refractivity contribution < 1.29 is 17.6 Å². The molecule has 2 aliphatic carbocycles. The Kier molecular flexibility index (Phi) is 6.04. The largest absolute Gasteiger partial charge is 0.346 e. The van der Waals surface area contributed by atoms with Crippen LogP contribution in [0.3, 0.4) is 0 Å². The molecule has 0 atom stereocenters. The number of carbonyl (C=O) groups excluding carboxylic acids is 1. The summed E-state index contributed by atoms with van der Waals surface area (Å²) in [5, 5.41) is 3.23. The van der Waals surface area contributed by atoms with Crippen LogP contribution in [0.1, 0.15) is 61.6 Å². The van der Waals surface area contributed by atoms with Crippen molar-refractivity contribution >= 4 is 15.9 Å². The van der Waals surface area contributed by atoms with Gasteiger partial charge in [0.2, 0.25) is 15.9 Å². The molecule has 1 aliphatic heterocycles. The van der Waals surface area contributed by atoms with E-state index in [1.54, 1.807) is 18.2 Å². The molecule has 0 bridgehead atoms. The minimum absolute atomic E-state index is 0.0233. The molecule has 33 heavy (non-hydrogen) atoms. The number of rotatable bonds is 5. The lowest BCUT2D eigenvalue weighted by atomic mass is 9.71. The van der Waals surface area contributed by atoms with E-state index in [0.29, 0.717) is 30.8 Å². The molecule has 2 fully saturated rings. The van der Waals surface area contributed by atoms with Crippen LogP contribution in [0.5, 0.6) is 0 Å². The SMILES string of the molecule is O=C(NC1(c2ccc(F)cc2)CCC1)C1CCN(S(=O)(=O)c2ccc3c(c2)CCCC3)CC1. The van der Waals surface area contributed by atoms with Gasteiger partial charge in [-0.1, -0.05) is 18.2 Å². The standard InChI is InChI=1S/C26H31FN2O3S/c27-23-9-7-22(8-10-23)26(14-3-15-26)28-25(30)20-12-16-29(17-13-20)33(31,32)24-11-6-19-4-1-2-5-21(19)18-24/h6-11,18,20H,1-5,12-17H2,(H,28,30). The molecule has 1 heterocycles. The van der Waals surface area contributed by atoms with Gasteiger partial charge in [0.25, 0.3) is 0 Å². The highest BCUT2D eigenvalue weighted by Crippen LogP contribution is 2.42. The number of hydrogen-bond donors (Lipinski definition) is 1. The molecule has 0 unspecified atom stereocenters. The van der Waals surface area contributed by atoms with Crippen molar-refractivity contribution in [1.29, 1.82) is 0 Å². The summed E-state index contributed by atoms with van der Waals surface area (Å²) in [5.41, 5.74) is 2.94. The van der Waals surface area contributed by atoms with Crippen molar-refractivity contribution in [3.8, 4) is 0 Å². The summed E-state index contributed by atoms with van der Waals surface area (Å²) in [7, 11) is -3.55. The van der Waals surface area contributed by atoms with Gasteiger partial charge in [0.15, 0.2) is 0 Å². The summed E-state index contributed by atoms with van der Waals surface area (Å²) in [6.45, 7) is 0.697. The van der Waals surface area contributed by atoms with Gasteiger partial charge in [0, 0.05) is 19.0 Å². The molecular formula is C26H31FN2O3S.